The van der Waals surface area contributed by atoms with Crippen LogP contribution in [-0.4, -0.2) is 16.4 Å². The molecule has 0 bridgehead atoms. The molecule has 94 valence electrons. The lowest BCUT2D eigenvalue weighted by atomic mass is 9.82. The van der Waals surface area contributed by atoms with Gasteiger partial charge in [0.25, 0.3) is 5.91 Å². The largest absolute Gasteiger partial charge is 0.334 e. The van der Waals surface area contributed by atoms with Crippen molar-refractivity contribution >= 4 is 21.8 Å². The van der Waals surface area contributed by atoms with Crippen LogP contribution in [0.4, 0.5) is 0 Å². The first-order valence-electron chi connectivity index (χ1n) is 5.99. The standard InChI is InChI=1S/C13H14BrN3O/c14-11-6-10(7-16-8-11)12(18)17-13(9-15)4-2-1-3-5-13/h6-8H,1-5H2,(H,17,18). The molecule has 1 heterocycles. The van der Waals surface area contributed by atoms with Crippen LogP contribution in [0.3, 0.4) is 0 Å². The van der Waals surface area contributed by atoms with Gasteiger partial charge in [-0.3, -0.25) is 9.78 Å². The molecule has 0 aromatic carbocycles. The second kappa shape index (κ2) is 5.49. The van der Waals surface area contributed by atoms with Gasteiger partial charge in [0, 0.05) is 16.9 Å². The molecule has 5 heteroatoms. The van der Waals surface area contributed by atoms with Gasteiger partial charge in [0.1, 0.15) is 5.54 Å². The third-order valence-corrected chi connectivity index (χ3v) is 3.67. The van der Waals surface area contributed by atoms with Crippen LogP contribution in [-0.2, 0) is 0 Å². The molecular formula is C13H14BrN3O. The fraction of sp³-hybridized carbons (Fsp3) is 0.462. The number of nitrogens with one attached hydrogen (secondary N) is 1. The summed E-state index contributed by atoms with van der Waals surface area (Å²) in [5.74, 6) is -0.229. The molecule has 1 saturated carbocycles. The first kappa shape index (κ1) is 13.0. The van der Waals surface area contributed by atoms with Crippen LogP contribution < -0.4 is 5.32 Å². The number of nitriles is 1. The van der Waals surface area contributed by atoms with Gasteiger partial charge in [0.15, 0.2) is 0 Å². The summed E-state index contributed by atoms with van der Waals surface area (Å²) in [5.41, 5.74) is -0.220. The van der Waals surface area contributed by atoms with Crippen molar-refractivity contribution in [3.63, 3.8) is 0 Å². The summed E-state index contributed by atoms with van der Waals surface area (Å²) >= 11 is 3.28. The molecule has 0 radical (unpaired) electrons. The van der Waals surface area contributed by atoms with Crippen molar-refractivity contribution < 1.29 is 4.79 Å². The molecule has 0 unspecified atom stereocenters. The molecule has 1 aromatic rings. The van der Waals surface area contributed by atoms with Crippen molar-refractivity contribution in [2.75, 3.05) is 0 Å². The van der Waals surface area contributed by atoms with E-state index in [1.54, 1.807) is 12.3 Å². The van der Waals surface area contributed by atoms with Crippen molar-refractivity contribution in [1.82, 2.24) is 10.3 Å². The number of hydrogen-bond acceptors (Lipinski definition) is 3. The van der Waals surface area contributed by atoms with Gasteiger partial charge in [0.05, 0.1) is 11.6 Å². The predicted molar refractivity (Wildman–Crippen MR) is 70.8 cm³/mol. The predicted octanol–water partition coefficient (Wildman–Crippen LogP) is 2.80. The maximum Gasteiger partial charge on any atom is 0.254 e. The van der Waals surface area contributed by atoms with Crippen LogP contribution >= 0.6 is 15.9 Å². The number of amides is 1. The zero-order valence-corrected chi connectivity index (χ0v) is 11.5. The van der Waals surface area contributed by atoms with Crippen molar-refractivity contribution in [3.05, 3.63) is 28.5 Å². The summed E-state index contributed by atoms with van der Waals surface area (Å²) < 4.78 is 0.754. The zero-order valence-electron chi connectivity index (χ0n) is 9.95. The van der Waals surface area contributed by atoms with Gasteiger partial charge in [-0.05, 0) is 34.8 Å². The summed E-state index contributed by atoms with van der Waals surface area (Å²) in [6, 6.07) is 3.97. The first-order chi connectivity index (χ1) is 8.65. The average molecular weight is 308 g/mol. The van der Waals surface area contributed by atoms with Crippen molar-refractivity contribution in [2.24, 2.45) is 0 Å². The van der Waals surface area contributed by atoms with Crippen LogP contribution in [0.15, 0.2) is 22.9 Å². The van der Waals surface area contributed by atoms with Gasteiger partial charge in [-0.25, -0.2) is 0 Å². The lowest BCUT2D eigenvalue weighted by Gasteiger charge is -2.31. The van der Waals surface area contributed by atoms with Gasteiger partial charge in [-0.1, -0.05) is 19.3 Å². The molecule has 0 saturated heterocycles. The molecule has 1 aromatic heterocycles. The maximum atomic E-state index is 12.1. The first-order valence-corrected chi connectivity index (χ1v) is 6.79. The Morgan fingerprint density at radius 1 is 1.39 bits per heavy atom. The smallest absolute Gasteiger partial charge is 0.254 e. The fourth-order valence-corrected chi connectivity index (χ4v) is 2.61. The van der Waals surface area contributed by atoms with Gasteiger partial charge in [-0.2, -0.15) is 5.26 Å². The van der Waals surface area contributed by atoms with E-state index in [9.17, 15) is 10.1 Å². The number of rotatable bonds is 2. The lowest BCUT2D eigenvalue weighted by Crippen LogP contribution is -2.48. The molecule has 18 heavy (non-hydrogen) atoms. The Hall–Kier alpha value is -1.41. The van der Waals surface area contributed by atoms with E-state index in [1.807, 2.05) is 0 Å². The Labute approximate surface area is 115 Å². The zero-order chi connectivity index (χ0) is 13.0. The SMILES string of the molecule is N#CC1(NC(=O)c2cncc(Br)c2)CCCCC1. The maximum absolute atomic E-state index is 12.1. The van der Waals surface area contributed by atoms with Crippen molar-refractivity contribution in [1.29, 1.82) is 5.26 Å². The molecule has 2 rings (SSSR count). The molecule has 1 aliphatic rings. The second-order valence-electron chi connectivity index (χ2n) is 4.60. The number of nitrogens with zero attached hydrogens (tertiary/aromatic N) is 2. The summed E-state index contributed by atoms with van der Waals surface area (Å²) in [7, 11) is 0. The monoisotopic (exact) mass is 307 g/mol. The molecule has 0 atom stereocenters. The Morgan fingerprint density at radius 3 is 2.72 bits per heavy atom. The molecule has 1 N–H and O–H groups in total. The fourth-order valence-electron chi connectivity index (χ4n) is 2.25. The number of carbonyl (C=O) groups excluding carboxylic acids is 1. The Bertz CT molecular complexity index is 489. The minimum absolute atomic E-state index is 0.229. The van der Waals surface area contributed by atoms with E-state index in [4.69, 9.17) is 0 Å². The molecular weight excluding hydrogens is 294 g/mol. The van der Waals surface area contributed by atoms with Gasteiger partial charge in [0.2, 0.25) is 0 Å². The summed E-state index contributed by atoms with van der Waals surface area (Å²) in [6.07, 6.45) is 7.71. The third kappa shape index (κ3) is 2.88. The molecule has 1 fully saturated rings. The number of aromatic nitrogens is 1. The Morgan fingerprint density at radius 2 is 2.11 bits per heavy atom. The van der Waals surface area contributed by atoms with E-state index in [1.165, 1.54) is 6.20 Å². The van der Waals surface area contributed by atoms with Crippen molar-refractivity contribution in [2.45, 2.75) is 37.6 Å². The van der Waals surface area contributed by atoms with Crippen LogP contribution in [0, 0.1) is 11.3 Å². The highest BCUT2D eigenvalue weighted by Crippen LogP contribution is 2.27. The lowest BCUT2D eigenvalue weighted by molar-refractivity contribution is 0.0902. The molecule has 0 aliphatic heterocycles. The van der Waals surface area contributed by atoms with Gasteiger partial charge in [-0.15, -0.1) is 0 Å². The Kier molecular flexibility index (Phi) is 3.97. The Balaban J connectivity index is 2.13. The van der Waals surface area contributed by atoms with E-state index < -0.39 is 5.54 Å². The topological polar surface area (TPSA) is 65.8 Å². The van der Waals surface area contributed by atoms with Crippen LogP contribution in [0.25, 0.3) is 0 Å². The molecule has 0 spiro atoms. The van der Waals surface area contributed by atoms with E-state index >= 15 is 0 Å². The number of carbonyl (C=O) groups is 1. The van der Waals surface area contributed by atoms with Crippen LogP contribution in [0.1, 0.15) is 42.5 Å². The van der Waals surface area contributed by atoms with Gasteiger partial charge >= 0.3 is 0 Å². The highest BCUT2D eigenvalue weighted by Gasteiger charge is 2.33. The second-order valence-corrected chi connectivity index (χ2v) is 5.52. The molecule has 1 amide bonds. The number of pyridine rings is 1. The number of halogens is 1. The highest BCUT2D eigenvalue weighted by molar-refractivity contribution is 9.10. The van der Waals surface area contributed by atoms with Gasteiger partial charge < -0.3 is 5.32 Å². The average Bonchev–Trinajstić information content (AvgIpc) is 2.40. The summed E-state index contributed by atoms with van der Waals surface area (Å²) in [5, 5.41) is 12.2. The van der Waals surface area contributed by atoms with Crippen LogP contribution in [0.5, 0.6) is 0 Å². The van der Waals surface area contributed by atoms with E-state index in [0.29, 0.717) is 5.56 Å². The van der Waals surface area contributed by atoms with Crippen LogP contribution in [0.2, 0.25) is 0 Å². The number of hydrogen-bond donors (Lipinski definition) is 1. The van der Waals surface area contributed by atoms with Crippen molar-refractivity contribution in [3.8, 4) is 6.07 Å². The van der Waals surface area contributed by atoms with E-state index in [-0.39, 0.29) is 5.91 Å². The van der Waals surface area contributed by atoms with E-state index in [2.05, 4.69) is 32.3 Å². The molecule has 1 aliphatic carbocycles. The molecule has 4 nitrogen and oxygen atoms in total. The summed E-state index contributed by atoms with van der Waals surface area (Å²) in [4.78, 5) is 16.1. The highest BCUT2D eigenvalue weighted by atomic mass is 79.9. The summed E-state index contributed by atoms with van der Waals surface area (Å²) in [6.45, 7) is 0. The normalized spacial score (nSPS) is 17.8. The third-order valence-electron chi connectivity index (χ3n) is 3.24. The minimum Gasteiger partial charge on any atom is -0.334 e. The minimum atomic E-state index is -0.697. The van der Waals surface area contributed by atoms with E-state index in [0.717, 1.165) is 36.6 Å². The quantitative estimate of drug-likeness (QED) is 0.913.